The molecule has 1 aliphatic carbocycles. The Labute approximate surface area is 144 Å². The van der Waals surface area contributed by atoms with Gasteiger partial charge >= 0.3 is 0 Å². The first-order chi connectivity index (χ1) is 10.6. The van der Waals surface area contributed by atoms with Gasteiger partial charge in [0, 0.05) is 0 Å². The Morgan fingerprint density at radius 3 is 2.09 bits per heavy atom. The topological polar surface area (TPSA) is 43.4 Å². The minimum Gasteiger partial charge on any atom is -0.270 e. The highest BCUT2D eigenvalue weighted by Gasteiger charge is 2.37. The molecule has 0 spiro atoms. The van der Waals surface area contributed by atoms with Crippen LogP contribution in [0.2, 0.25) is 0 Å². The first-order valence-corrected chi connectivity index (χ1v) is 11.1. The van der Waals surface area contributed by atoms with Gasteiger partial charge in [-0.1, -0.05) is 66.7 Å². The van der Waals surface area contributed by atoms with Crippen LogP contribution in [0.4, 0.5) is 0 Å². The Morgan fingerprint density at radius 2 is 1.57 bits per heavy atom. The molecule has 0 aromatic heterocycles. The maximum atomic E-state index is 12.1. The van der Waals surface area contributed by atoms with Gasteiger partial charge in [0.25, 0.3) is 10.1 Å². The second kappa shape index (κ2) is 9.41. The average molecular weight is 347 g/mol. The van der Waals surface area contributed by atoms with E-state index in [0.29, 0.717) is 12.5 Å². The van der Waals surface area contributed by atoms with Gasteiger partial charge in [-0.2, -0.15) is 8.42 Å². The summed E-state index contributed by atoms with van der Waals surface area (Å²) in [5, 5.41) is 0. The van der Waals surface area contributed by atoms with Crippen molar-refractivity contribution in [3.8, 4) is 0 Å². The molecule has 4 heteroatoms. The van der Waals surface area contributed by atoms with Gasteiger partial charge in [-0.05, 0) is 42.4 Å². The molecule has 0 bridgehead atoms. The predicted molar refractivity (Wildman–Crippen MR) is 97.9 cm³/mol. The summed E-state index contributed by atoms with van der Waals surface area (Å²) in [5.41, 5.74) is -0.0347. The average Bonchev–Trinajstić information content (AvgIpc) is 2.40. The summed E-state index contributed by atoms with van der Waals surface area (Å²) < 4.78 is 29.4. The lowest BCUT2D eigenvalue weighted by atomic mass is 9.72. The molecular formula is C19H38O3S. The number of hydrogen-bond donors (Lipinski definition) is 0. The third-order valence-corrected chi connectivity index (χ3v) is 6.79. The smallest absolute Gasteiger partial charge is 0.267 e. The monoisotopic (exact) mass is 346 g/mol. The molecule has 3 nitrogen and oxygen atoms in total. The minimum atomic E-state index is -3.36. The van der Waals surface area contributed by atoms with Crippen molar-refractivity contribution in [2.75, 3.05) is 12.4 Å². The third kappa shape index (κ3) is 9.09. The molecule has 1 saturated carbocycles. The number of rotatable bonds is 12. The maximum Gasteiger partial charge on any atom is 0.267 e. The van der Waals surface area contributed by atoms with Gasteiger partial charge in [0.1, 0.15) is 0 Å². The summed E-state index contributed by atoms with van der Waals surface area (Å²) in [5.74, 6) is 2.02. The Bertz CT molecular complexity index is 424. The van der Waals surface area contributed by atoms with Crippen molar-refractivity contribution in [3.63, 3.8) is 0 Å². The Morgan fingerprint density at radius 1 is 0.957 bits per heavy atom. The SMILES string of the molecule is CC(C)CCCC(C)CCC(C)COS(=O)(=O)CC1(C)CCC1. The van der Waals surface area contributed by atoms with E-state index in [-0.39, 0.29) is 11.2 Å². The Kier molecular flexibility index (Phi) is 8.57. The van der Waals surface area contributed by atoms with E-state index in [9.17, 15) is 8.42 Å². The molecule has 0 amide bonds. The summed E-state index contributed by atoms with van der Waals surface area (Å²) >= 11 is 0. The van der Waals surface area contributed by atoms with Crippen molar-refractivity contribution in [1.29, 1.82) is 0 Å². The van der Waals surface area contributed by atoms with Crippen LogP contribution >= 0.6 is 0 Å². The molecule has 0 aromatic rings. The molecule has 0 radical (unpaired) electrons. The van der Waals surface area contributed by atoms with Gasteiger partial charge in [-0.25, -0.2) is 0 Å². The van der Waals surface area contributed by atoms with Gasteiger partial charge < -0.3 is 0 Å². The first kappa shape index (κ1) is 21.0. The zero-order chi connectivity index (χ0) is 17.5. The van der Waals surface area contributed by atoms with Gasteiger partial charge in [-0.3, -0.25) is 4.18 Å². The summed E-state index contributed by atoms with van der Waals surface area (Å²) in [6, 6.07) is 0. The van der Waals surface area contributed by atoms with Crippen molar-refractivity contribution in [1.82, 2.24) is 0 Å². The predicted octanol–water partition coefficient (Wildman–Crippen LogP) is 5.40. The molecule has 1 aliphatic rings. The fourth-order valence-corrected chi connectivity index (χ4v) is 4.95. The van der Waals surface area contributed by atoms with Gasteiger partial charge in [0.2, 0.25) is 0 Å². The van der Waals surface area contributed by atoms with Crippen LogP contribution in [0.5, 0.6) is 0 Å². The molecule has 0 saturated heterocycles. The Hall–Kier alpha value is -0.0900. The zero-order valence-corrected chi connectivity index (χ0v) is 16.8. The third-order valence-electron chi connectivity index (χ3n) is 5.25. The summed E-state index contributed by atoms with van der Waals surface area (Å²) in [4.78, 5) is 0. The van der Waals surface area contributed by atoms with E-state index in [4.69, 9.17) is 4.18 Å². The van der Waals surface area contributed by atoms with Crippen LogP contribution in [0.1, 0.15) is 86.0 Å². The van der Waals surface area contributed by atoms with Crippen LogP contribution in [0.25, 0.3) is 0 Å². The quantitative estimate of drug-likeness (QED) is 0.444. The van der Waals surface area contributed by atoms with Crippen LogP contribution in [0, 0.1) is 23.2 Å². The fraction of sp³-hybridized carbons (Fsp3) is 1.00. The van der Waals surface area contributed by atoms with Crippen molar-refractivity contribution >= 4 is 10.1 Å². The van der Waals surface area contributed by atoms with Crippen LogP contribution in [-0.4, -0.2) is 20.8 Å². The largest absolute Gasteiger partial charge is 0.270 e. The molecule has 0 aliphatic heterocycles. The molecule has 1 rings (SSSR count). The highest BCUT2D eigenvalue weighted by Crippen LogP contribution is 2.41. The molecule has 2 unspecified atom stereocenters. The fourth-order valence-electron chi connectivity index (χ4n) is 3.28. The van der Waals surface area contributed by atoms with E-state index in [1.165, 1.54) is 25.7 Å². The van der Waals surface area contributed by atoms with Gasteiger partial charge in [0.05, 0.1) is 12.4 Å². The van der Waals surface area contributed by atoms with E-state index >= 15 is 0 Å². The summed E-state index contributed by atoms with van der Waals surface area (Å²) in [6.07, 6.45) is 9.28. The molecule has 0 aromatic carbocycles. The molecule has 1 fully saturated rings. The normalized spacial score (nSPS) is 20.3. The molecule has 23 heavy (non-hydrogen) atoms. The lowest BCUT2D eigenvalue weighted by Gasteiger charge is -2.37. The summed E-state index contributed by atoms with van der Waals surface area (Å²) in [7, 11) is -3.36. The highest BCUT2D eigenvalue weighted by atomic mass is 32.2. The molecule has 0 N–H and O–H groups in total. The number of hydrogen-bond acceptors (Lipinski definition) is 3. The molecular weight excluding hydrogens is 308 g/mol. The minimum absolute atomic E-state index is 0.0347. The molecule has 138 valence electrons. The highest BCUT2D eigenvalue weighted by molar-refractivity contribution is 7.86. The Balaban J connectivity index is 2.16. The standard InChI is InChI=1S/C19H38O3S/c1-16(2)8-6-9-17(3)10-11-18(4)14-22-23(20,21)15-19(5)12-7-13-19/h16-18H,6-15H2,1-5H3. The molecule has 0 heterocycles. The van der Waals surface area contributed by atoms with Crippen molar-refractivity contribution in [3.05, 3.63) is 0 Å². The van der Waals surface area contributed by atoms with E-state index in [1.54, 1.807) is 0 Å². The maximum absolute atomic E-state index is 12.1. The van der Waals surface area contributed by atoms with Crippen LogP contribution in [0.3, 0.4) is 0 Å². The van der Waals surface area contributed by atoms with E-state index < -0.39 is 10.1 Å². The summed E-state index contributed by atoms with van der Waals surface area (Å²) in [6.45, 7) is 11.4. The lowest BCUT2D eigenvalue weighted by molar-refractivity contribution is 0.180. The van der Waals surface area contributed by atoms with E-state index in [0.717, 1.165) is 37.5 Å². The van der Waals surface area contributed by atoms with Crippen LogP contribution < -0.4 is 0 Å². The van der Waals surface area contributed by atoms with E-state index in [2.05, 4.69) is 34.6 Å². The van der Waals surface area contributed by atoms with Crippen LogP contribution in [-0.2, 0) is 14.3 Å². The first-order valence-electron chi connectivity index (χ1n) is 9.49. The van der Waals surface area contributed by atoms with Crippen molar-refractivity contribution in [2.24, 2.45) is 23.2 Å². The zero-order valence-electron chi connectivity index (χ0n) is 15.9. The van der Waals surface area contributed by atoms with Gasteiger partial charge in [0.15, 0.2) is 0 Å². The van der Waals surface area contributed by atoms with Crippen LogP contribution in [0.15, 0.2) is 0 Å². The second-order valence-electron chi connectivity index (χ2n) is 8.76. The van der Waals surface area contributed by atoms with Gasteiger partial charge in [-0.15, -0.1) is 0 Å². The van der Waals surface area contributed by atoms with Crippen molar-refractivity contribution in [2.45, 2.75) is 86.0 Å². The molecule has 2 atom stereocenters. The van der Waals surface area contributed by atoms with Crippen molar-refractivity contribution < 1.29 is 12.6 Å². The lowest BCUT2D eigenvalue weighted by Crippen LogP contribution is -2.34. The van der Waals surface area contributed by atoms with E-state index in [1.807, 2.05) is 0 Å². The second-order valence-corrected chi connectivity index (χ2v) is 10.4.